The predicted molar refractivity (Wildman–Crippen MR) is 80.2 cm³/mol. The summed E-state index contributed by atoms with van der Waals surface area (Å²) in [6.07, 6.45) is 1.73. The largest absolute Gasteiger partial charge is 0.398 e. The number of non-ortho nitro benzene ring substituents is 1. The number of nitrogens with two attached hydrogens (primary N) is 1. The van der Waals surface area contributed by atoms with Crippen LogP contribution < -0.4 is 11.1 Å². The zero-order valence-corrected chi connectivity index (χ0v) is 12.3. The fourth-order valence-electron chi connectivity index (χ4n) is 1.76. The summed E-state index contributed by atoms with van der Waals surface area (Å²) in [6.45, 7) is 3.72. The van der Waals surface area contributed by atoms with Gasteiger partial charge in [-0.3, -0.25) is 14.9 Å². The molecule has 7 nitrogen and oxygen atoms in total. The summed E-state index contributed by atoms with van der Waals surface area (Å²) in [5, 5.41) is 14.3. The summed E-state index contributed by atoms with van der Waals surface area (Å²) >= 11 is 1.48. The van der Waals surface area contributed by atoms with Gasteiger partial charge in [-0.2, -0.15) is 0 Å². The number of hydrogen-bond donors (Lipinski definition) is 2. The molecule has 1 aromatic carbocycles. The van der Waals surface area contributed by atoms with Crippen LogP contribution in [0.2, 0.25) is 0 Å². The smallest absolute Gasteiger partial charge is 0.270 e. The number of hydrogen-bond acceptors (Lipinski definition) is 6. The molecular weight excluding hydrogens is 292 g/mol. The molecule has 0 saturated heterocycles. The van der Waals surface area contributed by atoms with Crippen molar-refractivity contribution < 1.29 is 9.72 Å². The van der Waals surface area contributed by atoms with Crippen LogP contribution in [0, 0.1) is 17.0 Å². The number of nitrogens with zero attached hydrogens (tertiary/aromatic N) is 2. The minimum absolute atomic E-state index is 0.0873. The monoisotopic (exact) mass is 306 g/mol. The number of benzene rings is 1. The van der Waals surface area contributed by atoms with Gasteiger partial charge in [-0.25, -0.2) is 4.98 Å². The molecule has 1 atom stereocenters. The van der Waals surface area contributed by atoms with Gasteiger partial charge in [0.1, 0.15) is 5.01 Å². The van der Waals surface area contributed by atoms with Gasteiger partial charge in [0.05, 0.1) is 16.5 Å². The molecule has 0 saturated carbocycles. The van der Waals surface area contributed by atoms with Crippen LogP contribution in [0.4, 0.5) is 11.4 Å². The fourth-order valence-corrected chi connectivity index (χ4v) is 2.54. The number of carbonyl (C=O) groups is 1. The molecule has 0 bridgehead atoms. The maximum atomic E-state index is 12.2. The lowest BCUT2D eigenvalue weighted by atomic mass is 10.1. The van der Waals surface area contributed by atoms with E-state index < -0.39 is 10.8 Å². The van der Waals surface area contributed by atoms with Crippen molar-refractivity contribution >= 4 is 28.6 Å². The Labute approximate surface area is 125 Å². The summed E-state index contributed by atoms with van der Waals surface area (Å²) in [7, 11) is 0. The number of aryl methyl sites for hydroxylation is 1. The Morgan fingerprint density at radius 1 is 1.52 bits per heavy atom. The first-order chi connectivity index (χ1) is 9.88. The number of aromatic nitrogens is 1. The van der Waals surface area contributed by atoms with Gasteiger partial charge in [-0.15, -0.1) is 11.3 Å². The maximum Gasteiger partial charge on any atom is 0.270 e. The maximum absolute atomic E-state index is 12.2. The zero-order chi connectivity index (χ0) is 15.6. The van der Waals surface area contributed by atoms with Gasteiger partial charge >= 0.3 is 0 Å². The van der Waals surface area contributed by atoms with Crippen molar-refractivity contribution in [3.63, 3.8) is 0 Å². The lowest BCUT2D eigenvalue weighted by molar-refractivity contribution is -0.384. The van der Waals surface area contributed by atoms with Gasteiger partial charge in [-0.05, 0) is 19.9 Å². The van der Waals surface area contributed by atoms with Gasteiger partial charge in [0.15, 0.2) is 0 Å². The highest BCUT2D eigenvalue weighted by Crippen LogP contribution is 2.22. The molecule has 8 heteroatoms. The Balaban J connectivity index is 2.20. The Bertz CT molecular complexity index is 698. The van der Waals surface area contributed by atoms with Crippen LogP contribution in [0.25, 0.3) is 0 Å². The molecule has 1 unspecified atom stereocenters. The molecule has 110 valence electrons. The third kappa shape index (κ3) is 3.34. The number of amides is 1. The molecule has 0 fully saturated rings. The number of anilines is 1. The number of rotatable bonds is 4. The van der Waals surface area contributed by atoms with Crippen molar-refractivity contribution in [2.24, 2.45) is 0 Å². The van der Waals surface area contributed by atoms with Crippen molar-refractivity contribution in [2.45, 2.75) is 19.9 Å². The second-order valence-electron chi connectivity index (χ2n) is 4.53. The van der Waals surface area contributed by atoms with Crippen molar-refractivity contribution in [3.8, 4) is 0 Å². The van der Waals surface area contributed by atoms with Crippen molar-refractivity contribution in [1.29, 1.82) is 0 Å². The van der Waals surface area contributed by atoms with Gasteiger partial charge in [0.2, 0.25) is 0 Å². The van der Waals surface area contributed by atoms with Crippen LogP contribution in [0.3, 0.4) is 0 Å². The summed E-state index contributed by atoms with van der Waals surface area (Å²) in [4.78, 5) is 27.6. The highest BCUT2D eigenvalue weighted by molar-refractivity contribution is 7.11. The average molecular weight is 306 g/mol. The first-order valence-electron chi connectivity index (χ1n) is 6.15. The summed E-state index contributed by atoms with van der Waals surface area (Å²) in [6, 6.07) is 3.49. The van der Waals surface area contributed by atoms with Crippen molar-refractivity contribution in [3.05, 3.63) is 50.0 Å². The third-order valence-corrected chi connectivity index (χ3v) is 3.94. The number of nitrogen functional groups attached to an aromatic ring is 1. The molecule has 1 aromatic heterocycles. The van der Waals surface area contributed by atoms with E-state index in [-0.39, 0.29) is 23.0 Å². The molecule has 1 heterocycles. The standard InChI is InChI=1S/C13H14N4O3S/c1-7-6-15-13(21-7)8(2)16-12(18)10-5-9(17(19)20)3-4-11(10)14/h3-6,8H,14H2,1-2H3,(H,16,18). The van der Waals surface area contributed by atoms with Crippen LogP contribution in [0.1, 0.15) is 33.2 Å². The van der Waals surface area contributed by atoms with E-state index in [0.717, 1.165) is 9.88 Å². The normalized spacial score (nSPS) is 11.9. The summed E-state index contributed by atoms with van der Waals surface area (Å²) in [5.74, 6) is -0.462. The van der Waals surface area contributed by atoms with Crippen LogP contribution in [-0.4, -0.2) is 15.8 Å². The minimum atomic E-state index is -0.566. The van der Waals surface area contributed by atoms with Gasteiger partial charge in [-0.1, -0.05) is 0 Å². The Kier molecular flexibility index (Phi) is 4.18. The second-order valence-corrected chi connectivity index (χ2v) is 5.80. The van der Waals surface area contributed by atoms with Crippen LogP contribution in [-0.2, 0) is 0 Å². The highest BCUT2D eigenvalue weighted by atomic mass is 32.1. The van der Waals surface area contributed by atoms with Gasteiger partial charge in [0, 0.05) is 28.9 Å². The average Bonchev–Trinajstić information content (AvgIpc) is 2.85. The summed E-state index contributed by atoms with van der Waals surface area (Å²) in [5.41, 5.74) is 5.82. The first-order valence-corrected chi connectivity index (χ1v) is 6.97. The zero-order valence-electron chi connectivity index (χ0n) is 11.5. The molecular formula is C13H14N4O3S. The fraction of sp³-hybridized carbons (Fsp3) is 0.231. The molecule has 3 N–H and O–H groups in total. The molecule has 0 radical (unpaired) electrons. The third-order valence-electron chi connectivity index (χ3n) is 2.85. The van der Waals surface area contributed by atoms with Gasteiger partial charge < -0.3 is 11.1 Å². The van der Waals surface area contributed by atoms with E-state index >= 15 is 0 Å². The molecule has 0 aliphatic carbocycles. The van der Waals surface area contributed by atoms with Crippen LogP contribution >= 0.6 is 11.3 Å². The lowest BCUT2D eigenvalue weighted by Gasteiger charge is -2.12. The molecule has 2 rings (SSSR count). The topological polar surface area (TPSA) is 111 Å². The number of nitro benzene ring substituents is 1. The SMILES string of the molecule is Cc1cnc(C(C)NC(=O)c2cc([N+](=O)[O-])ccc2N)s1. The van der Waals surface area contributed by atoms with E-state index in [0.29, 0.717) is 0 Å². The molecule has 0 spiro atoms. The van der Waals surface area contributed by atoms with E-state index in [2.05, 4.69) is 10.3 Å². The van der Waals surface area contributed by atoms with E-state index in [4.69, 9.17) is 5.73 Å². The molecule has 0 aliphatic heterocycles. The van der Waals surface area contributed by atoms with E-state index in [9.17, 15) is 14.9 Å². The van der Waals surface area contributed by atoms with Crippen LogP contribution in [0.15, 0.2) is 24.4 Å². The number of carbonyl (C=O) groups excluding carboxylic acids is 1. The lowest BCUT2D eigenvalue weighted by Crippen LogP contribution is -2.27. The Morgan fingerprint density at radius 2 is 2.24 bits per heavy atom. The Hall–Kier alpha value is -2.48. The van der Waals surface area contributed by atoms with E-state index in [1.54, 1.807) is 13.1 Å². The van der Waals surface area contributed by atoms with Gasteiger partial charge in [0.25, 0.3) is 11.6 Å². The van der Waals surface area contributed by atoms with Crippen LogP contribution in [0.5, 0.6) is 0 Å². The molecule has 0 aliphatic rings. The predicted octanol–water partition coefficient (Wildman–Crippen LogP) is 2.43. The second kappa shape index (κ2) is 5.88. The molecule has 2 aromatic rings. The first kappa shape index (κ1) is 14.9. The van der Waals surface area contributed by atoms with E-state index in [1.807, 2.05) is 6.92 Å². The molecule has 1 amide bonds. The minimum Gasteiger partial charge on any atom is -0.398 e. The number of nitro groups is 1. The van der Waals surface area contributed by atoms with Crippen molar-refractivity contribution in [2.75, 3.05) is 5.73 Å². The van der Waals surface area contributed by atoms with Crippen molar-refractivity contribution in [1.82, 2.24) is 10.3 Å². The number of nitrogens with one attached hydrogen (secondary N) is 1. The number of thiazole rings is 1. The summed E-state index contributed by atoms with van der Waals surface area (Å²) < 4.78 is 0. The van der Waals surface area contributed by atoms with E-state index in [1.165, 1.54) is 29.5 Å². The highest BCUT2D eigenvalue weighted by Gasteiger charge is 2.18. The Morgan fingerprint density at radius 3 is 2.81 bits per heavy atom. The molecule has 21 heavy (non-hydrogen) atoms. The quantitative estimate of drug-likeness (QED) is 0.512.